The number of para-hydroxylation sites is 1. The smallest absolute Gasteiger partial charge is 0.408 e. The van der Waals surface area contributed by atoms with Crippen molar-refractivity contribution in [3.05, 3.63) is 41.7 Å². The summed E-state index contributed by atoms with van der Waals surface area (Å²) in [6.07, 6.45) is -2.10. The maximum Gasteiger partial charge on any atom is 0.408 e. The Hall–Kier alpha value is -3.66. The van der Waals surface area contributed by atoms with Crippen LogP contribution in [0, 0.1) is 6.92 Å². The molecule has 0 aliphatic rings. The Morgan fingerprint density at radius 3 is 2.47 bits per heavy atom. The van der Waals surface area contributed by atoms with Crippen molar-refractivity contribution in [1.82, 2.24) is 26.1 Å². The van der Waals surface area contributed by atoms with Crippen molar-refractivity contribution < 1.29 is 24.2 Å². The number of ether oxygens (including phenoxy) is 1. The normalized spacial score (nSPS) is 13.4. The minimum atomic E-state index is -1.34. The first-order chi connectivity index (χ1) is 15.0. The molecule has 0 aliphatic heterocycles. The number of carbonyl (C=O) groups is 3. The molecule has 3 rings (SSSR count). The van der Waals surface area contributed by atoms with Gasteiger partial charge in [0, 0.05) is 16.3 Å². The number of aryl methyl sites for hydroxylation is 1. The molecule has 3 amide bonds. The summed E-state index contributed by atoms with van der Waals surface area (Å²) < 4.78 is 5.10. The van der Waals surface area contributed by atoms with E-state index in [-0.39, 0.29) is 5.69 Å². The maximum atomic E-state index is 12.6. The van der Waals surface area contributed by atoms with E-state index in [2.05, 4.69) is 26.1 Å². The quantitative estimate of drug-likeness (QED) is 0.392. The number of nitrogens with one attached hydrogen (secondary N) is 4. The average molecular weight is 441 g/mol. The lowest BCUT2D eigenvalue weighted by atomic mass is 10.1. The molecule has 10 nitrogen and oxygen atoms in total. The van der Waals surface area contributed by atoms with Gasteiger partial charge in [0.05, 0.1) is 17.3 Å². The number of amides is 3. The lowest BCUT2D eigenvalue weighted by molar-refractivity contribution is -0.126. The van der Waals surface area contributed by atoms with Gasteiger partial charge < -0.3 is 20.1 Å². The summed E-state index contributed by atoms with van der Waals surface area (Å²) >= 11 is 0. The third-order valence-electron chi connectivity index (χ3n) is 4.65. The molecule has 170 valence electrons. The minimum absolute atomic E-state index is 0.105. The van der Waals surface area contributed by atoms with Gasteiger partial charge in [-0.3, -0.25) is 20.4 Å². The molecule has 32 heavy (non-hydrogen) atoms. The lowest BCUT2D eigenvalue weighted by Gasteiger charge is -2.24. The van der Waals surface area contributed by atoms with Crippen LogP contribution in [0.15, 0.2) is 30.3 Å². The van der Waals surface area contributed by atoms with Gasteiger partial charge in [0.2, 0.25) is 0 Å². The minimum Gasteiger partial charge on any atom is -0.444 e. The number of aliphatic hydroxyl groups excluding tert-OH is 1. The molecule has 2 heterocycles. The number of aromatic nitrogens is 2. The second kappa shape index (κ2) is 8.83. The number of aromatic amines is 1. The molecule has 0 radical (unpaired) electrons. The molecule has 3 aromatic rings. The molecule has 0 spiro atoms. The van der Waals surface area contributed by atoms with Crippen LogP contribution in [0.25, 0.3) is 21.8 Å². The van der Waals surface area contributed by atoms with Crippen molar-refractivity contribution in [2.75, 3.05) is 0 Å². The summed E-state index contributed by atoms with van der Waals surface area (Å²) in [7, 11) is 0. The van der Waals surface area contributed by atoms with Crippen molar-refractivity contribution in [3.63, 3.8) is 0 Å². The fourth-order valence-electron chi connectivity index (χ4n) is 3.22. The van der Waals surface area contributed by atoms with Crippen LogP contribution in [-0.2, 0) is 9.53 Å². The lowest BCUT2D eigenvalue weighted by Crippen LogP contribution is -2.56. The molecule has 0 unspecified atom stereocenters. The number of H-pyrrole nitrogens is 1. The second-order valence-corrected chi connectivity index (χ2v) is 8.49. The van der Waals surface area contributed by atoms with Gasteiger partial charge in [-0.25, -0.2) is 9.78 Å². The van der Waals surface area contributed by atoms with Crippen LogP contribution in [0.4, 0.5) is 4.79 Å². The highest BCUT2D eigenvalue weighted by molar-refractivity contribution is 6.10. The Bertz CT molecular complexity index is 1180. The van der Waals surface area contributed by atoms with E-state index < -0.39 is 35.7 Å². The average Bonchev–Trinajstić information content (AvgIpc) is 3.08. The van der Waals surface area contributed by atoms with E-state index >= 15 is 0 Å². The van der Waals surface area contributed by atoms with Crippen LogP contribution in [0.3, 0.4) is 0 Å². The Labute approximate surface area is 184 Å². The molecule has 2 aromatic heterocycles. The zero-order chi connectivity index (χ0) is 23.6. The number of rotatable bonds is 4. The largest absolute Gasteiger partial charge is 0.444 e. The second-order valence-electron chi connectivity index (χ2n) is 8.49. The van der Waals surface area contributed by atoms with Crippen molar-refractivity contribution in [2.24, 2.45) is 0 Å². The number of nitrogens with zero attached hydrogens (tertiary/aromatic N) is 1. The highest BCUT2D eigenvalue weighted by Crippen LogP contribution is 2.27. The molecule has 10 heteroatoms. The van der Waals surface area contributed by atoms with E-state index in [1.165, 1.54) is 6.92 Å². The van der Waals surface area contributed by atoms with E-state index in [0.717, 1.165) is 21.8 Å². The summed E-state index contributed by atoms with van der Waals surface area (Å²) in [5, 5.41) is 14.0. The molecule has 0 aliphatic carbocycles. The predicted molar refractivity (Wildman–Crippen MR) is 119 cm³/mol. The topological polar surface area (TPSA) is 145 Å². The Morgan fingerprint density at radius 1 is 1.12 bits per heavy atom. The first kappa shape index (κ1) is 23.0. The molecule has 0 fully saturated rings. The van der Waals surface area contributed by atoms with Crippen molar-refractivity contribution in [1.29, 1.82) is 0 Å². The van der Waals surface area contributed by atoms with Gasteiger partial charge in [0.25, 0.3) is 11.8 Å². The van der Waals surface area contributed by atoms with E-state index in [9.17, 15) is 19.5 Å². The molecule has 5 N–H and O–H groups in total. The van der Waals surface area contributed by atoms with Gasteiger partial charge in [0.1, 0.15) is 17.3 Å². The van der Waals surface area contributed by atoms with Crippen LogP contribution >= 0.6 is 0 Å². The van der Waals surface area contributed by atoms with Gasteiger partial charge in [-0.15, -0.1) is 0 Å². The molecule has 1 aromatic carbocycles. The first-order valence-corrected chi connectivity index (χ1v) is 10.1. The van der Waals surface area contributed by atoms with Gasteiger partial charge in [-0.05, 0) is 46.8 Å². The third-order valence-corrected chi connectivity index (χ3v) is 4.65. The molecular formula is C22H27N5O5. The van der Waals surface area contributed by atoms with Gasteiger partial charge in [-0.2, -0.15) is 0 Å². The number of alkyl carbamates (subject to hydrolysis) is 1. The number of benzene rings is 1. The zero-order valence-electron chi connectivity index (χ0n) is 18.6. The van der Waals surface area contributed by atoms with Crippen molar-refractivity contribution in [3.8, 4) is 0 Å². The Kier molecular flexibility index (Phi) is 6.35. The predicted octanol–water partition coefficient (Wildman–Crippen LogP) is 2.06. The van der Waals surface area contributed by atoms with Crippen LogP contribution < -0.4 is 16.2 Å². The SMILES string of the molecule is Cc1nc(C(=O)NNC(=O)[C@@H](NC(=O)OC(C)(C)C)[C@@H](C)O)cc2c1[nH]c1ccccc12. The van der Waals surface area contributed by atoms with E-state index in [0.29, 0.717) is 5.69 Å². The monoisotopic (exact) mass is 441 g/mol. The standard InChI is InChI=1S/C22H27N5O5/c1-11-17-14(13-8-6-7-9-15(13)24-17)10-16(23-11)19(29)26-27-20(30)18(12(2)28)25-21(31)32-22(3,4)5/h6-10,12,18,24,28H,1-5H3,(H,25,31)(H,26,29)(H,27,30)/t12-,18+/m1/s1. The van der Waals surface area contributed by atoms with Gasteiger partial charge >= 0.3 is 6.09 Å². The summed E-state index contributed by atoms with van der Waals surface area (Å²) in [6, 6.07) is 7.98. The number of carbonyl (C=O) groups excluding carboxylic acids is 3. The number of hydrogen-bond acceptors (Lipinski definition) is 6. The summed E-state index contributed by atoms with van der Waals surface area (Å²) in [5.74, 6) is -1.46. The van der Waals surface area contributed by atoms with Crippen molar-refractivity contribution >= 4 is 39.7 Å². The molecule has 0 bridgehead atoms. The van der Waals surface area contributed by atoms with Crippen LogP contribution in [-0.4, -0.2) is 50.7 Å². The Morgan fingerprint density at radius 2 is 1.81 bits per heavy atom. The first-order valence-electron chi connectivity index (χ1n) is 10.1. The molecular weight excluding hydrogens is 414 g/mol. The molecule has 0 saturated heterocycles. The summed E-state index contributed by atoms with van der Waals surface area (Å²) in [4.78, 5) is 44.6. The van der Waals surface area contributed by atoms with Gasteiger partial charge in [-0.1, -0.05) is 18.2 Å². The van der Waals surface area contributed by atoms with Gasteiger partial charge in [0.15, 0.2) is 0 Å². The number of aliphatic hydroxyl groups is 1. The fraction of sp³-hybridized carbons (Fsp3) is 0.364. The van der Waals surface area contributed by atoms with E-state index in [1.807, 2.05) is 24.3 Å². The molecule has 0 saturated carbocycles. The van der Waals surface area contributed by atoms with E-state index in [1.54, 1.807) is 33.8 Å². The van der Waals surface area contributed by atoms with Crippen LogP contribution in [0.2, 0.25) is 0 Å². The Balaban J connectivity index is 1.72. The highest BCUT2D eigenvalue weighted by Gasteiger charge is 2.28. The fourth-order valence-corrected chi connectivity index (χ4v) is 3.22. The number of pyridine rings is 1. The number of fused-ring (bicyclic) bond motifs is 3. The summed E-state index contributed by atoms with van der Waals surface area (Å²) in [6.45, 7) is 8.12. The molecule has 2 atom stereocenters. The maximum absolute atomic E-state index is 12.6. The van der Waals surface area contributed by atoms with Crippen LogP contribution in [0.5, 0.6) is 0 Å². The third kappa shape index (κ3) is 5.14. The number of hydrazine groups is 1. The van der Waals surface area contributed by atoms with Crippen molar-refractivity contribution in [2.45, 2.75) is 52.4 Å². The van der Waals surface area contributed by atoms with Crippen LogP contribution in [0.1, 0.15) is 43.9 Å². The summed E-state index contributed by atoms with van der Waals surface area (Å²) in [5.41, 5.74) is 6.19. The zero-order valence-corrected chi connectivity index (χ0v) is 18.6. The number of hydrogen-bond donors (Lipinski definition) is 5. The van der Waals surface area contributed by atoms with E-state index in [4.69, 9.17) is 4.74 Å². The highest BCUT2D eigenvalue weighted by atomic mass is 16.6.